The molecule has 1 unspecified atom stereocenters. The predicted octanol–water partition coefficient (Wildman–Crippen LogP) is 1.47. The van der Waals surface area contributed by atoms with Gasteiger partial charge in [0.1, 0.15) is 5.76 Å². The highest BCUT2D eigenvalue weighted by Gasteiger charge is 2.21. The van der Waals surface area contributed by atoms with Crippen molar-refractivity contribution in [3.8, 4) is 0 Å². The molecule has 1 aliphatic rings. The molecule has 0 saturated carbocycles. The second kappa shape index (κ2) is 5.21. The molecule has 1 aliphatic heterocycles. The summed E-state index contributed by atoms with van der Waals surface area (Å²) in [6, 6.07) is 7.16. The number of rotatable bonds is 3. The van der Waals surface area contributed by atoms with E-state index in [0.717, 1.165) is 18.7 Å². The Morgan fingerprint density at radius 1 is 1.42 bits per heavy atom. The Morgan fingerprint density at radius 3 is 3.11 bits per heavy atom. The van der Waals surface area contributed by atoms with Crippen LogP contribution in [0.15, 0.2) is 41.1 Å². The van der Waals surface area contributed by atoms with Gasteiger partial charge < -0.3 is 9.73 Å². The topological polar surface area (TPSA) is 79.2 Å². The fourth-order valence-corrected chi connectivity index (χ4v) is 1.99. The SMILES string of the molecule is O=C(Nc1cccnc1)c1ccc(C2CCNN2)o1. The molecule has 0 bridgehead atoms. The van der Waals surface area contributed by atoms with Crippen LogP contribution in [0.5, 0.6) is 0 Å². The lowest BCUT2D eigenvalue weighted by atomic mass is 10.2. The lowest BCUT2D eigenvalue weighted by Crippen LogP contribution is -2.24. The number of nitrogens with zero attached hydrogens (tertiary/aromatic N) is 1. The number of hydrazine groups is 1. The van der Waals surface area contributed by atoms with E-state index < -0.39 is 0 Å². The van der Waals surface area contributed by atoms with Gasteiger partial charge >= 0.3 is 0 Å². The first-order valence-electron chi connectivity index (χ1n) is 6.12. The van der Waals surface area contributed by atoms with Crippen molar-refractivity contribution in [2.45, 2.75) is 12.5 Å². The molecular weight excluding hydrogens is 244 g/mol. The molecule has 3 rings (SSSR count). The number of aromatic nitrogens is 1. The monoisotopic (exact) mass is 258 g/mol. The smallest absolute Gasteiger partial charge is 0.291 e. The zero-order valence-corrected chi connectivity index (χ0v) is 10.2. The Balaban J connectivity index is 1.70. The molecule has 3 N–H and O–H groups in total. The third-order valence-electron chi connectivity index (χ3n) is 2.95. The summed E-state index contributed by atoms with van der Waals surface area (Å²) in [5, 5.41) is 2.73. The molecule has 98 valence electrons. The number of hydrogen-bond acceptors (Lipinski definition) is 5. The molecule has 3 heterocycles. The molecule has 1 saturated heterocycles. The average Bonchev–Trinajstić information content (AvgIpc) is 3.11. The summed E-state index contributed by atoms with van der Waals surface area (Å²) in [5.41, 5.74) is 6.76. The van der Waals surface area contributed by atoms with E-state index in [1.165, 1.54) is 0 Å². The van der Waals surface area contributed by atoms with Crippen LogP contribution in [0.25, 0.3) is 0 Å². The Bertz CT molecular complexity index is 561. The van der Waals surface area contributed by atoms with Gasteiger partial charge in [-0.25, -0.2) is 5.43 Å². The first kappa shape index (κ1) is 11.9. The Kier molecular flexibility index (Phi) is 3.26. The minimum absolute atomic E-state index is 0.125. The lowest BCUT2D eigenvalue weighted by molar-refractivity contribution is 0.0994. The van der Waals surface area contributed by atoms with Crippen molar-refractivity contribution < 1.29 is 9.21 Å². The zero-order chi connectivity index (χ0) is 13.1. The average molecular weight is 258 g/mol. The van der Waals surface area contributed by atoms with Gasteiger partial charge in [0, 0.05) is 12.7 Å². The molecule has 1 atom stereocenters. The molecule has 1 amide bonds. The van der Waals surface area contributed by atoms with E-state index in [1.54, 1.807) is 30.6 Å². The Hall–Kier alpha value is -2.18. The third-order valence-corrected chi connectivity index (χ3v) is 2.95. The highest BCUT2D eigenvalue weighted by molar-refractivity contribution is 6.02. The van der Waals surface area contributed by atoms with Gasteiger partial charge in [-0.3, -0.25) is 15.2 Å². The Labute approximate surface area is 110 Å². The van der Waals surface area contributed by atoms with E-state index in [4.69, 9.17) is 4.42 Å². The number of carbonyl (C=O) groups excluding carboxylic acids is 1. The van der Waals surface area contributed by atoms with Gasteiger partial charge in [-0.2, -0.15) is 0 Å². The molecule has 0 aromatic carbocycles. The second-order valence-electron chi connectivity index (χ2n) is 4.31. The van der Waals surface area contributed by atoms with Crippen LogP contribution < -0.4 is 16.2 Å². The fraction of sp³-hybridized carbons (Fsp3) is 0.231. The number of amides is 1. The zero-order valence-electron chi connectivity index (χ0n) is 10.2. The number of anilines is 1. The van der Waals surface area contributed by atoms with E-state index in [9.17, 15) is 4.79 Å². The van der Waals surface area contributed by atoms with Gasteiger partial charge in [-0.1, -0.05) is 0 Å². The maximum atomic E-state index is 12.0. The van der Waals surface area contributed by atoms with Crippen LogP contribution >= 0.6 is 0 Å². The molecule has 0 aliphatic carbocycles. The summed E-state index contributed by atoms with van der Waals surface area (Å²) < 4.78 is 5.57. The summed E-state index contributed by atoms with van der Waals surface area (Å²) >= 11 is 0. The lowest BCUT2D eigenvalue weighted by Gasteiger charge is -2.05. The first-order chi connectivity index (χ1) is 9.33. The minimum atomic E-state index is -0.273. The Morgan fingerprint density at radius 2 is 2.37 bits per heavy atom. The maximum absolute atomic E-state index is 12.0. The molecule has 6 heteroatoms. The van der Waals surface area contributed by atoms with E-state index in [2.05, 4.69) is 21.2 Å². The van der Waals surface area contributed by atoms with E-state index in [1.807, 2.05) is 6.07 Å². The summed E-state index contributed by atoms with van der Waals surface area (Å²) in [6.07, 6.45) is 4.18. The molecule has 19 heavy (non-hydrogen) atoms. The van der Waals surface area contributed by atoms with Gasteiger partial charge in [0.15, 0.2) is 5.76 Å². The molecule has 6 nitrogen and oxygen atoms in total. The highest BCUT2D eigenvalue weighted by Crippen LogP contribution is 2.21. The van der Waals surface area contributed by atoms with E-state index >= 15 is 0 Å². The molecule has 1 fully saturated rings. The third kappa shape index (κ3) is 2.64. The molecule has 0 radical (unpaired) electrons. The number of carbonyl (C=O) groups is 1. The summed E-state index contributed by atoms with van der Waals surface area (Å²) in [6.45, 7) is 0.891. The van der Waals surface area contributed by atoms with Gasteiger partial charge in [-0.15, -0.1) is 0 Å². The minimum Gasteiger partial charge on any atom is -0.454 e. The van der Waals surface area contributed by atoms with Crippen LogP contribution in [0.4, 0.5) is 5.69 Å². The van der Waals surface area contributed by atoms with Gasteiger partial charge in [0.25, 0.3) is 5.91 Å². The molecule has 0 spiro atoms. The van der Waals surface area contributed by atoms with Gasteiger partial charge in [0.2, 0.25) is 0 Å². The van der Waals surface area contributed by atoms with Crippen molar-refractivity contribution in [1.82, 2.24) is 15.8 Å². The van der Waals surface area contributed by atoms with Crippen LogP contribution in [-0.2, 0) is 0 Å². The van der Waals surface area contributed by atoms with Gasteiger partial charge in [0.05, 0.1) is 17.9 Å². The van der Waals surface area contributed by atoms with Crippen LogP contribution in [0, 0.1) is 0 Å². The quantitative estimate of drug-likeness (QED) is 0.777. The fourth-order valence-electron chi connectivity index (χ4n) is 1.99. The van der Waals surface area contributed by atoms with Crippen LogP contribution in [0.1, 0.15) is 28.8 Å². The summed E-state index contributed by atoms with van der Waals surface area (Å²) in [7, 11) is 0. The van der Waals surface area contributed by atoms with Crippen molar-refractivity contribution in [2.24, 2.45) is 0 Å². The van der Waals surface area contributed by atoms with Crippen molar-refractivity contribution in [3.05, 3.63) is 48.2 Å². The number of nitrogens with one attached hydrogen (secondary N) is 3. The summed E-state index contributed by atoms with van der Waals surface area (Å²) in [5.74, 6) is 0.791. The standard InChI is InChI=1S/C13H14N4O2/c18-13(16-9-2-1-6-14-8-9)12-4-3-11(19-12)10-5-7-15-17-10/h1-4,6,8,10,15,17H,5,7H2,(H,16,18). The molecular formula is C13H14N4O2. The van der Waals surface area contributed by atoms with Gasteiger partial charge in [-0.05, 0) is 30.7 Å². The first-order valence-corrected chi connectivity index (χ1v) is 6.12. The van der Waals surface area contributed by atoms with E-state index in [-0.39, 0.29) is 11.9 Å². The number of pyridine rings is 1. The van der Waals surface area contributed by atoms with E-state index in [0.29, 0.717) is 11.4 Å². The van der Waals surface area contributed by atoms with Crippen LogP contribution in [0.2, 0.25) is 0 Å². The van der Waals surface area contributed by atoms with Crippen molar-refractivity contribution in [3.63, 3.8) is 0 Å². The van der Waals surface area contributed by atoms with Crippen LogP contribution in [-0.4, -0.2) is 17.4 Å². The largest absolute Gasteiger partial charge is 0.454 e. The second-order valence-corrected chi connectivity index (χ2v) is 4.31. The maximum Gasteiger partial charge on any atom is 0.291 e. The predicted molar refractivity (Wildman–Crippen MR) is 69.4 cm³/mol. The highest BCUT2D eigenvalue weighted by atomic mass is 16.4. The van der Waals surface area contributed by atoms with Crippen molar-refractivity contribution in [1.29, 1.82) is 0 Å². The molecule has 2 aromatic heterocycles. The van der Waals surface area contributed by atoms with Crippen molar-refractivity contribution in [2.75, 3.05) is 11.9 Å². The molecule has 2 aromatic rings. The van der Waals surface area contributed by atoms with Crippen LogP contribution in [0.3, 0.4) is 0 Å². The number of hydrogen-bond donors (Lipinski definition) is 3. The van der Waals surface area contributed by atoms with Crippen molar-refractivity contribution >= 4 is 11.6 Å². The normalized spacial score (nSPS) is 18.4. The number of furan rings is 1. The summed E-state index contributed by atoms with van der Waals surface area (Å²) in [4.78, 5) is 15.9.